The van der Waals surface area contributed by atoms with Gasteiger partial charge in [0.05, 0.1) is 12.2 Å². The molecular formula is C25H27N3O3. The van der Waals surface area contributed by atoms with Crippen LogP contribution in [0, 0.1) is 12.8 Å². The summed E-state index contributed by atoms with van der Waals surface area (Å²) in [5, 5.41) is 4.58. The number of amides is 1. The smallest absolute Gasteiger partial charge is 0.226 e. The zero-order valence-electron chi connectivity index (χ0n) is 18.0. The Balaban J connectivity index is 1.37. The van der Waals surface area contributed by atoms with E-state index in [1.807, 2.05) is 66.0 Å². The van der Waals surface area contributed by atoms with Crippen LogP contribution in [0.3, 0.4) is 0 Å². The molecule has 0 saturated heterocycles. The minimum Gasteiger partial charge on any atom is -0.486 e. The van der Waals surface area contributed by atoms with Crippen LogP contribution in [-0.4, -0.2) is 33.8 Å². The summed E-state index contributed by atoms with van der Waals surface area (Å²) < 4.78 is 13.2. The van der Waals surface area contributed by atoms with E-state index in [1.165, 1.54) is 5.56 Å². The van der Waals surface area contributed by atoms with E-state index in [-0.39, 0.29) is 11.8 Å². The Kier molecular flexibility index (Phi) is 5.14. The van der Waals surface area contributed by atoms with Gasteiger partial charge in [-0.1, -0.05) is 36.4 Å². The van der Waals surface area contributed by atoms with Crippen molar-refractivity contribution in [1.29, 1.82) is 0 Å². The first-order chi connectivity index (χ1) is 15.1. The maximum atomic E-state index is 13.5. The molecule has 1 amide bonds. The minimum absolute atomic E-state index is 0.0319. The highest BCUT2D eigenvalue weighted by molar-refractivity contribution is 5.83. The highest BCUT2D eigenvalue weighted by atomic mass is 16.6. The van der Waals surface area contributed by atoms with E-state index >= 15 is 0 Å². The van der Waals surface area contributed by atoms with Gasteiger partial charge in [-0.25, -0.2) is 0 Å². The first-order valence-corrected chi connectivity index (χ1v) is 10.8. The summed E-state index contributed by atoms with van der Waals surface area (Å²) in [5.41, 5.74) is 4.26. The van der Waals surface area contributed by atoms with Crippen molar-refractivity contribution in [2.24, 2.45) is 13.0 Å². The van der Waals surface area contributed by atoms with Gasteiger partial charge in [-0.2, -0.15) is 5.10 Å². The second-order valence-electron chi connectivity index (χ2n) is 8.43. The first kappa shape index (κ1) is 19.7. The topological polar surface area (TPSA) is 56.6 Å². The lowest BCUT2D eigenvalue weighted by Crippen LogP contribution is -2.32. The molecule has 0 radical (unpaired) electrons. The number of hydrogen-bond donors (Lipinski definition) is 0. The molecule has 1 aromatic heterocycles. The average molecular weight is 418 g/mol. The Bertz CT molecular complexity index is 1070. The summed E-state index contributed by atoms with van der Waals surface area (Å²) in [6.07, 6.45) is 0.904. The Morgan fingerprint density at radius 3 is 2.58 bits per heavy atom. The molecule has 3 aromatic rings. The summed E-state index contributed by atoms with van der Waals surface area (Å²) in [5.74, 6) is 2.04. The molecule has 1 saturated carbocycles. The van der Waals surface area contributed by atoms with Gasteiger partial charge in [0.1, 0.15) is 13.2 Å². The summed E-state index contributed by atoms with van der Waals surface area (Å²) in [4.78, 5) is 15.4. The molecule has 2 aromatic carbocycles. The molecule has 6 heteroatoms. The van der Waals surface area contributed by atoms with Crippen LogP contribution >= 0.6 is 0 Å². The zero-order valence-corrected chi connectivity index (χ0v) is 18.0. The summed E-state index contributed by atoms with van der Waals surface area (Å²) >= 11 is 0. The summed E-state index contributed by atoms with van der Waals surface area (Å²) in [6.45, 7) is 4.15. The van der Waals surface area contributed by atoms with Gasteiger partial charge in [-0.15, -0.1) is 0 Å². The number of benzene rings is 2. The minimum atomic E-state index is 0.0319. The van der Waals surface area contributed by atoms with Crippen molar-refractivity contribution in [1.82, 2.24) is 14.7 Å². The van der Waals surface area contributed by atoms with Crippen molar-refractivity contribution >= 4 is 5.91 Å². The van der Waals surface area contributed by atoms with Gasteiger partial charge in [0, 0.05) is 25.2 Å². The van der Waals surface area contributed by atoms with Crippen LogP contribution in [0.1, 0.15) is 34.9 Å². The van der Waals surface area contributed by atoms with Crippen molar-refractivity contribution in [2.75, 3.05) is 13.2 Å². The highest BCUT2D eigenvalue weighted by Crippen LogP contribution is 2.48. The van der Waals surface area contributed by atoms with Crippen molar-refractivity contribution in [3.05, 3.63) is 77.1 Å². The number of fused-ring (bicyclic) bond motifs is 1. The lowest BCUT2D eigenvalue weighted by molar-refractivity contribution is -0.134. The standard InChI is InChI=1S/C25H27N3O3/c1-17-12-20(26-27(17)2)16-28(15-18-8-9-23-24(13-18)31-11-10-30-23)25(29)22-14-21(22)19-6-4-3-5-7-19/h3-9,12-13,21-22H,10-11,14-16H2,1-2H3/t21-,22+/m0/s1. The highest BCUT2D eigenvalue weighted by Gasteiger charge is 2.45. The molecule has 0 unspecified atom stereocenters. The number of hydrogen-bond acceptors (Lipinski definition) is 4. The number of nitrogens with zero attached hydrogens (tertiary/aromatic N) is 3. The van der Waals surface area contributed by atoms with Crippen LogP contribution in [0.4, 0.5) is 0 Å². The molecule has 160 valence electrons. The maximum absolute atomic E-state index is 13.5. The van der Waals surface area contributed by atoms with Crippen LogP contribution < -0.4 is 9.47 Å². The Labute approximate surface area is 182 Å². The predicted molar refractivity (Wildman–Crippen MR) is 117 cm³/mol. The maximum Gasteiger partial charge on any atom is 0.226 e. The average Bonchev–Trinajstić information content (AvgIpc) is 3.53. The molecule has 2 aliphatic rings. The fourth-order valence-electron chi connectivity index (χ4n) is 4.30. The van der Waals surface area contributed by atoms with E-state index in [0.29, 0.717) is 32.2 Å². The lowest BCUT2D eigenvalue weighted by Gasteiger charge is -2.24. The first-order valence-electron chi connectivity index (χ1n) is 10.8. The van der Waals surface area contributed by atoms with E-state index < -0.39 is 0 Å². The number of aryl methyl sites for hydroxylation is 2. The van der Waals surface area contributed by atoms with Crippen molar-refractivity contribution < 1.29 is 14.3 Å². The largest absolute Gasteiger partial charge is 0.486 e. The third-order valence-corrected chi connectivity index (χ3v) is 6.14. The van der Waals surface area contributed by atoms with Crippen molar-refractivity contribution in [3.63, 3.8) is 0 Å². The lowest BCUT2D eigenvalue weighted by atomic mass is 10.1. The Hall–Kier alpha value is -3.28. The molecule has 0 spiro atoms. The van der Waals surface area contributed by atoms with Gasteiger partial charge < -0.3 is 14.4 Å². The molecule has 1 aliphatic heterocycles. The van der Waals surface area contributed by atoms with Gasteiger partial charge in [0.15, 0.2) is 11.5 Å². The molecule has 2 heterocycles. The summed E-state index contributed by atoms with van der Waals surface area (Å²) in [7, 11) is 1.93. The van der Waals surface area contributed by atoms with E-state index in [9.17, 15) is 4.79 Å². The van der Waals surface area contributed by atoms with Crippen LogP contribution in [-0.2, 0) is 24.9 Å². The van der Waals surface area contributed by atoms with E-state index in [4.69, 9.17) is 9.47 Å². The molecule has 2 atom stereocenters. The Morgan fingerprint density at radius 1 is 1.06 bits per heavy atom. The molecule has 0 N–H and O–H groups in total. The molecule has 6 nitrogen and oxygen atoms in total. The second kappa shape index (κ2) is 8.10. The molecule has 1 fully saturated rings. The van der Waals surface area contributed by atoms with Gasteiger partial charge in [0.2, 0.25) is 5.91 Å². The van der Waals surface area contributed by atoms with Gasteiger partial charge in [-0.05, 0) is 48.6 Å². The van der Waals surface area contributed by atoms with E-state index in [0.717, 1.165) is 34.9 Å². The predicted octanol–water partition coefficient (Wildman–Crippen LogP) is 3.83. The van der Waals surface area contributed by atoms with Gasteiger partial charge >= 0.3 is 0 Å². The molecule has 0 bridgehead atoms. The Morgan fingerprint density at radius 2 is 1.84 bits per heavy atom. The van der Waals surface area contributed by atoms with Gasteiger partial charge in [-0.3, -0.25) is 9.48 Å². The number of carbonyl (C=O) groups is 1. The van der Waals surface area contributed by atoms with Crippen LogP contribution in [0.5, 0.6) is 11.5 Å². The van der Waals surface area contributed by atoms with E-state index in [2.05, 4.69) is 17.2 Å². The third kappa shape index (κ3) is 4.15. The number of carbonyl (C=O) groups excluding carboxylic acids is 1. The molecule has 1 aliphatic carbocycles. The van der Waals surface area contributed by atoms with Crippen molar-refractivity contribution in [3.8, 4) is 11.5 Å². The number of ether oxygens (including phenoxy) is 2. The van der Waals surface area contributed by atoms with Crippen LogP contribution in [0.15, 0.2) is 54.6 Å². The normalized spacial score (nSPS) is 19.2. The number of aromatic nitrogens is 2. The van der Waals surface area contributed by atoms with Crippen molar-refractivity contribution in [2.45, 2.75) is 32.4 Å². The summed E-state index contributed by atoms with van der Waals surface area (Å²) in [6, 6.07) is 18.3. The quantitative estimate of drug-likeness (QED) is 0.612. The zero-order chi connectivity index (χ0) is 21.4. The molecule has 5 rings (SSSR count). The van der Waals surface area contributed by atoms with Crippen LogP contribution in [0.2, 0.25) is 0 Å². The monoisotopic (exact) mass is 417 g/mol. The SMILES string of the molecule is Cc1cc(CN(Cc2ccc3c(c2)OCCO3)C(=O)[C@@H]2C[C@H]2c2ccccc2)nn1C. The molecular weight excluding hydrogens is 390 g/mol. The number of rotatable bonds is 6. The van der Waals surface area contributed by atoms with E-state index in [1.54, 1.807) is 0 Å². The fourth-order valence-corrected chi connectivity index (χ4v) is 4.30. The fraction of sp³-hybridized carbons (Fsp3) is 0.360. The third-order valence-electron chi connectivity index (χ3n) is 6.14. The van der Waals surface area contributed by atoms with Crippen LogP contribution in [0.25, 0.3) is 0 Å². The van der Waals surface area contributed by atoms with Gasteiger partial charge in [0.25, 0.3) is 0 Å². The second-order valence-corrected chi connectivity index (χ2v) is 8.43. The molecule has 31 heavy (non-hydrogen) atoms.